The van der Waals surface area contributed by atoms with Gasteiger partial charge in [-0.3, -0.25) is 4.98 Å². The molecule has 0 aliphatic rings. The molecule has 4 nitrogen and oxygen atoms in total. The number of nitrogens with zero attached hydrogens (tertiary/aromatic N) is 2. The van der Waals surface area contributed by atoms with Crippen LogP contribution >= 0.6 is 0 Å². The lowest BCUT2D eigenvalue weighted by molar-refractivity contribution is 1.06. The molecule has 2 aromatic heterocycles. The van der Waals surface area contributed by atoms with Crippen LogP contribution in [0.2, 0.25) is 0 Å². The van der Waals surface area contributed by atoms with Crippen molar-refractivity contribution in [3.05, 3.63) is 58.8 Å². The Morgan fingerprint density at radius 2 is 1.94 bits per heavy atom. The highest BCUT2D eigenvalue weighted by molar-refractivity contribution is 5.92. The van der Waals surface area contributed by atoms with E-state index in [-0.39, 0.29) is 5.69 Å². The average Bonchev–Trinajstić information content (AvgIpc) is 2.41. The number of hydrogen-bond acceptors (Lipinski definition) is 3. The first kappa shape index (κ1) is 10.7. The zero-order valence-corrected chi connectivity index (χ0v) is 9.84. The fourth-order valence-electron chi connectivity index (χ4n) is 2.04. The molecule has 0 aliphatic heterocycles. The van der Waals surface area contributed by atoms with Crippen LogP contribution in [0.4, 0.5) is 0 Å². The summed E-state index contributed by atoms with van der Waals surface area (Å²) in [6.45, 7) is 1.92. The second-order valence-corrected chi connectivity index (χ2v) is 4.13. The summed E-state index contributed by atoms with van der Waals surface area (Å²) in [6, 6.07) is 9.81. The molecule has 0 fully saturated rings. The smallest absolute Gasteiger partial charge is 0.305 e. The molecule has 3 rings (SSSR count). The second kappa shape index (κ2) is 4.07. The Morgan fingerprint density at radius 3 is 2.83 bits per heavy atom. The molecular weight excluding hydrogens is 226 g/mol. The summed E-state index contributed by atoms with van der Waals surface area (Å²) in [7, 11) is 0. The van der Waals surface area contributed by atoms with Crippen molar-refractivity contribution >= 4 is 10.9 Å². The predicted octanol–water partition coefficient (Wildman–Crippen LogP) is 2.29. The molecule has 0 bridgehead atoms. The van der Waals surface area contributed by atoms with E-state index >= 15 is 0 Å². The third-order valence-corrected chi connectivity index (χ3v) is 2.90. The van der Waals surface area contributed by atoms with Gasteiger partial charge in [-0.05, 0) is 18.6 Å². The average molecular weight is 237 g/mol. The van der Waals surface area contributed by atoms with Crippen LogP contribution in [0.1, 0.15) is 5.56 Å². The van der Waals surface area contributed by atoms with E-state index in [2.05, 4.69) is 15.0 Å². The minimum atomic E-state index is -0.344. The van der Waals surface area contributed by atoms with Gasteiger partial charge in [-0.2, -0.15) is 0 Å². The first-order valence-corrected chi connectivity index (χ1v) is 5.66. The summed E-state index contributed by atoms with van der Waals surface area (Å²) in [6.07, 6.45) is 3.33. The molecule has 0 atom stereocenters. The van der Waals surface area contributed by atoms with Gasteiger partial charge in [0.2, 0.25) is 0 Å². The minimum absolute atomic E-state index is 0.344. The monoisotopic (exact) mass is 237 g/mol. The molecule has 0 spiro atoms. The van der Waals surface area contributed by atoms with Crippen LogP contribution in [0.3, 0.4) is 0 Å². The van der Waals surface area contributed by atoms with Gasteiger partial charge in [-0.25, -0.2) is 9.78 Å². The number of H-pyrrole nitrogens is 1. The van der Waals surface area contributed by atoms with Gasteiger partial charge < -0.3 is 4.98 Å². The molecule has 0 radical (unpaired) electrons. The van der Waals surface area contributed by atoms with Crippen LogP contribution < -0.4 is 5.69 Å². The van der Waals surface area contributed by atoms with E-state index in [1.54, 1.807) is 12.4 Å². The van der Waals surface area contributed by atoms with E-state index in [1.807, 2.05) is 37.3 Å². The summed E-state index contributed by atoms with van der Waals surface area (Å²) in [5.41, 5.74) is 3.16. The van der Waals surface area contributed by atoms with Crippen molar-refractivity contribution in [1.29, 1.82) is 0 Å². The molecule has 1 N–H and O–H groups in total. The Balaban J connectivity index is 2.38. The highest BCUT2D eigenvalue weighted by Gasteiger charge is 2.08. The summed E-state index contributed by atoms with van der Waals surface area (Å²) >= 11 is 0. The number of aryl methyl sites for hydroxylation is 1. The van der Waals surface area contributed by atoms with E-state index in [9.17, 15) is 4.79 Å². The summed E-state index contributed by atoms with van der Waals surface area (Å²) < 4.78 is 0. The quantitative estimate of drug-likeness (QED) is 0.706. The number of nitrogens with one attached hydrogen (secondary N) is 1. The zero-order chi connectivity index (χ0) is 12.5. The SMILES string of the molecule is Cc1cnc(=O)[nH]c1-c1cccc2cccnc12. The maximum Gasteiger partial charge on any atom is 0.345 e. The Morgan fingerprint density at radius 1 is 1.11 bits per heavy atom. The number of benzene rings is 1. The van der Waals surface area contributed by atoms with Gasteiger partial charge >= 0.3 is 5.69 Å². The Labute approximate surface area is 103 Å². The molecule has 1 aromatic carbocycles. The molecule has 0 unspecified atom stereocenters. The van der Waals surface area contributed by atoms with Crippen LogP contribution in [-0.4, -0.2) is 15.0 Å². The third kappa shape index (κ3) is 1.68. The van der Waals surface area contributed by atoms with Crippen molar-refractivity contribution in [2.45, 2.75) is 6.92 Å². The predicted molar refractivity (Wildman–Crippen MR) is 70.3 cm³/mol. The minimum Gasteiger partial charge on any atom is -0.305 e. The first-order chi connectivity index (χ1) is 8.75. The number of pyridine rings is 1. The molecule has 4 heteroatoms. The number of aromatic amines is 1. The van der Waals surface area contributed by atoms with Crippen molar-refractivity contribution in [3.8, 4) is 11.3 Å². The summed E-state index contributed by atoms with van der Waals surface area (Å²) in [4.78, 5) is 22.2. The van der Waals surface area contributed by atoms with Crippen LogP contribution in [0.5, 0.6) is 0 Å². The second-order valence-electron chi connectivity index (χ2n) is 4.13. The fraction of sp³-hybridized carbons (Fsp3) is 0.0714. The summed E-state index contributed by atoms with van der Waals surface area (Å²) in [5.74, 6) is 0. The Kier molecular flexibility index (Phi) is 2.41. The van der Waals surface area contributed by atoms with Gasteiger partial charge in [0.1, 0.15) is 0 Å². The topological polar surface area (TPSA) is 58.6 Å². The highest BCUT2D eigenvalue weighted by Crippen LogP contribution is 2.26. The van der Waals surface area contributed by atoms with Crippen LogP contribution in [0.15, 0.2) is 47.5 Å². The van der Waals surface area contributed by atoms with Crippen LogP contribution in [0, 0.1) is 6.92 Å². The Bertz CT molecular complexity index is 772. The van der Waals surface area contributed by atoms with Gasteiger partial charge in [-0.1, -0.05) is 24.3 Å². The maximum atomic E-state index is 11.4. The van der Waals surface area contributed by atoms with E-state index in [1.165, 1.54) is 0 Å². The van der Waals surface area contributed by atoms with Crippen LogP contribution in [-0.2, 0) is 0 Å². The van der Waals surface area contributed by atoms with E-state index in [0.29, 0.717) is 0 Å². The van der Waals surface area contributed by atoms with Gasteiger partial charge in [0.25, 0.3) is 0 Å². The molecule has 0 saturated carbocycles. The number of fused-ring (bicyclic) bond motifs is 1. The first-order valence-electron chi connectivity index (χ1n) is 5.66. The standard InChI is InChI=1S/C14H11N3O/c1-9-8-16-14(18)17-12(9)11-6-2-4-10-5-3-7-15-13(10)11/h2-8H,1H3,(H,16,17,18). The van der Waals surface area contributed by atoms with Crippen LogP contribution in [0.25, 0.3) is 22.2 Å². The van der Waals surface area contributed by atoms with Gasteiger partial charge in [0.15, 0.2) is 0 Å². The highest BCUT2D eigenvalue weighted by atomic mass is 16.1. The lowest BCUT2D eigenvalue weighted by atomic mass is 10.0. The Hall–Kier alpha value is -2.49. The van der Waals surface area contributed by atoms with E-state index in [4.69, 9.17) is 0 Å². The normalized spacial score (nSPS) is 10.7. The lowest BCUT2D eigenvalue weighted by Gasteiger charge is -2.07. The van der Waals surface area contributed by atoms with Crippen molar-refractivity contribution in [2.75, 3.05) is 0 Å². The number of para-hydroxylation sites is 1. The van der Waals surface area contributed by atoms with Crippen molar-refractivity contribution in [2.24, 2.45) is 0 Å². The lowest BCUT2D eigenvalue weighted by Crippen LogP contribution is -2.11. The molecule has 0 aliphatic carbocycles. The number of hydrogen-bond donors (Lipinski definition) is 1. The maximum absolute atomic E-state index is 11.4. The third-order valence-electron chi connectivity index (χ3n) is 2.90. The molecule has 2 heterocycles. The van der Waals surface area contributed by atoms with Gasteiger partial charge in [-0.15, -0.1) is 0 Å². The molecule has 88 valence electrons. The number of aromatic nitrogens is 3. The zero-order valence-electron chi connectivity index (χ0n) is 9.84. The largest absolute Gasteiger partial charge is 0.345 e. The summed E-state index contributed by atoms with van der Waals surface area (Å²) in [5, 5.41) is 1.05. The molecule has 0 saturated heterocycles. The van der Waals surface area contributed by atoms with Crippen molar-refractivity contribution in [3.63, 3.8) is 0 Å². The van der Waals surface area contributed by atoms with Crippen molar-refractivity contribution in [1.82, 2.24) is 15.0 Å². The number of rotatable bonds is 1. The van der Waals surface area contributed by atoms with Gasteiger partial charge in [0, 0.05) is 23.3 Å². The van der Waals surface area contributed by atoms with Crippen molar-refractivity contribution < 1.29 is 0 Å². The van der Waals surface area contributed by atoms with E-state index in [0.717, 1.165) is 27.7 Å². The van der Waals surface area contributed by atoms with E-state index < -0.39 is 0 Å². The molecular formula is C14H11N3O. The molecule has 3 aromatic rings. The molecule has 0 amide bonds. The fourth-order valence-corrected chi connectivity index (χ4v) is 2.04. The van der Waals surface area contributed by atoms with Gasteiger partial charge in [0.05, 0.1) is 11.2 Å². The molecule has 18 heavy (non-hydrogen) atoms.